The summed E-state index contributed by atoms with van der Waals surface area (Å²) in [7, 11) is 0. The van der Waals surface area contributed by atoms with Gasteiger partial charge in [0.15, 0.2) is 5.11 Å². The van der Waals surface area contributed by atoms with Crippen molar-refractivity contribution in [2.45, 2.75) is 33.1 Å². The van der Waals surface area contributed by atoms with Crippen LogP contribution in [0.15, 0.2) is 18.2 Å². The first-order valence-electron chi connectivity index (χ1n) is 6.39. The van der Waals surface area contributed by atoms with Crippen molar-refractivity contribution in [3.63, 3.8) is 0 Å². The Balaban J connectivity index is 2.69. The molecule has 0 unspecified atom stereocenters. The number of aromatic carboxylic acids is 1. The van der Waals surface area contributed by atoms with Crippen LogP contribution in [0, 0.1) is 6.92 Å². The summed E-state index contributed by atoms with van der Waals surface area (Å²) >= 11 is 5.04. The molecule has 1 aromatic rings. The minimum Gasteiger partial charge on any atom is -0.478 e. The summed E-state index contributed by atoms with van der Waals surface area (Å²) in [5, 5.41) is 14.6. The molecule has 5 nitrogen and oxygen atoms in total. The van der Waals surface area contributed by atoms with E-state index in [0.717, 1.165) is 12.8 Å². The lowest BCUT2D eigenvalue weighted by Crippen LogP contribution is -2.34. The first-order valence-corrected chi connectivity index (χ1v) is 6.80. The van der Waals surface area contributed by atoms with Gasteiger partial charge in [0.05, 0.1) is 5.56 Å². The molecule has 0 saturated carbocycles. The van der Waals surface area contributed by atoms with Crippen LogP contribution in [-0.4, -0.2) is 22.1 Å². The van der Waals surface area contributed by atoms with Crippen molar-refractivity contribution >= 4 is 34.9 Å². The van der Waals surface area contributed by atoms with Crippen LogP contribution in [0.2, 0.25) is 0 Å². The van der Waals surface area contributed by atoms with Gasteiger partial charge in [0.25, 0.3) is 0 Å². The Labute approximate surface area is 123 Å². The maximum Gasteiger partial charge on any atom is 0.336 e. The quantitative estimate of drug-likeness (QED) is 0.728. The fourth-order valence-corrected chi connectivity index (χ4v) is 1.91. The Hall–Kier alpha value is -1.95. The average Bonchev–Trinajstić information content (AvgIpc) is 2.38. The Morgan fingerprint density at radius 3 is 2.65 bits per heavy atom. The van der Waals surface area contributed by atoms with Crippen molar-refractivity contribution in [2.75, 3.05) is 5.32 Å². The third-order valence-electron chi connectivity index (χ3n) is 2.82. The maximum absolute atomic E-state index is 11.5. The summed E-state index contributed by atoms with van der Waals surface area (Å²) in [6.07, 6.45) is 2.17. The van der Waals surface area contributed by atoms with Crippen molar-refractivity contribution in [1.29, 1.82) is 0 Å². The van der Waals surface area contributed by atoms with Crippen LogP contribution in [0.3, 0.4) is 0 Å². The fourth-order valence-electron chi connectivity index (χ4n) is 1.68. The molecule has 0 aromatic heterocycles. The molecule has 20 heavy (non-hydrogen) atoms. The predicted octanol–water partition coefficient (Wildman–Crippen LogP) is 2.70. The van der Waals surface area contributed by atoms with Crippen LogP contribution in [0.25, 0.3) is 0 Å². The Morgan fingerprint density at radius 1 is 1.35 bits per heavy atom. The molecule has 0 saturated heterocycles. The number of amides is 1. The topological polar surface area (TPSA) is 78.4 Å². The zero-order valence-electron chi connectivity index (χ0n) is 11.5. The van der Waals surface area contributed by atoms with Gasteiger partial charge in [0, 0.05) is 12.1 Å². The third kappa shape index (κ3) is 4.62. The van der Waals surface area contributed by atoms with E-state index in [1.54, 1.807) is 19.1 Å². The molecule has 1 amide bonds. The second-order valence-corrected chi connectivity index (χ2v) is 4.80. The Kier molecular flexibility index (Phi) is 6.11. The largest absolute Gasteiger partial charge is 0.478 e. The number of nitrogens with one attached hydrogen (secondary N) is 2. The van der Waals surface area contributed by atoms with Crippen LogP contribution >= 0.6 is 12.2 Å². The number of hydrogen-bond acceptors (Lipinski definition) is 3. The van der Waals surface area contributed by atoms with E-state index in [4.69, 9.17) is 17.3 Å². The number of rotatable bonds is 5. The standard InChI is InChI=1S/C14H18N2O3S/c1-3-4-8-12(17)16-14(20)15-11-7-5-6-10(9(11)2)13(18)19/h5-7H,3-4,8H2,1-2H3,(H,18,19)(H2,15,16,17,20). The summed E-state index contributed by atoms with van der Waals surface area (Å²) in [5.41, 5.74) is 1.35. The molecule has 0 aliphatic carbocycles. The van der Waals surface area contributed by atoms with E-state index in [1.807, 2.05) is 6.92 Å². The average molecular weight is 294 g/mol. The smallest absolute Gasteiger partial charge is 0.336 e. The number of carbonyl (C=O) groups excluding carboxylic acids is 1. The molecule has 0 atom stereocenters. The lowest BCUT2D eigenvalue weighted by Gasteiger charge is -2.13. The van der Waals surface area contributed by atoms with Crippen LogP contribution in [-0.2, 0) is 4.79 Å². The van der Waals surface area contributed by atoms with Gasteiger partial charge in [0.1, 0.15) is 0 Å². The molecule has 0 bridgehead atoms. The summed E-state index contributed by atoms with van der Waals surface area (Å²) in [6.45, 7) is 3.69. The molecule has 0 spiro atoms. The number of carbonyl (C=O) groups is 2. The van der Waals surface area contributed by atoms with Gasteiger partial charge in [-0.15, -0.1) is 0 Å². The van der Waals surface area contributed by atoms with Gasteiger partial charge < -0.3 is 15.7 Å². The van der Waals surface area contributed by atoms with Crippen molar-refractivity contribution in [3.05, 3.63) is 29.3 Å². The van der Waals surface area contributed by atoms with E-state index in [1.165, 1.54) is 6.07 Å². The Morgan fingerprint density at radius 2 is 2.05 bits per heavy atom. The van der Waals surface area contributed by atoms with Gasteiger partial charge in [-0.3, -0.25) is 4.79 Å². The highest BCUT2D eigenvalue weighted by molar-refractivity contribution is 7.80. The Bertz CT molecular complexity index is 529. The number of thiocarbonyl (C=S) groups is 1. The predicted molar refractivity (Wildman–Crippen MR) is 82.0 cm³/mol. The number of unbranched alkanes of at least 4 members (excludes halogenated alkanes) is 1. The van der Waals surface area contributed by atoms with Gasteiger partial charge in [-0.1, -0.05) is 19.4 Å². The van der Waals surface area contributed by atoms with Gasteiger partial charge in [0.2, 0.25) is 5.91 Å². The molecule has 0 aliphatic rings. The van der Waals surface area contributed by atoms with E-state index < -0.39 is 5.97 Å². The normalized spacial score (nSPS) is 9.90. The van der Waals surface area contributed by atoms with E-state index in [0.29, 0.717) is 17.7 Å². The van der Waals surface area contributed by atoms with E-state index >= 15 is 0 Å². The molecule has 0 heterocycles. The highest BCUT2D eigenvalue weighted by Crippen LogP contribution is 2.18. The minimum absolute atomic E-state index is 0.142. The first-order chi connectivity index (χ1) is 9.45. The number of hydrogen-bond donors (Lipinski definition) is 3. The molecule has 6 heteroatoms. The maximum atomic E-state index is 11.5. The third-order valence-corrected chi connectivity index (χ3v) is 3.03. The summed E-state index contributed by atoms with van der Waals surface area (Å²) < 4.78 is 0. The molecule has 0 radical (unpaired) electrons. The van der Waals surface area contributed by atoms with E-state index in [2.05, 4.69) is 10.6 Å². The van der Waals surface area contributed by atoms with Crippen molar-refractivity contribution in [1.82, 2.24) is 5.32 Å². The molecule has 3 N–H and O–H groups in total. The molecule has 1 aromatic carbocycles. The van der Waals surface area contributed by atoms with Crippen molar-refractivity contribution < 1.29 is 14.7 Å². The molecular formula is C14H18N2O3S. The number of anilines is 1. The van der Waals surface area contributed by atoms with Gasteiger partial charge in [-0.25, -0.2) is 4.79 Å². The number of benzene rings is 1. The fraction of sp³-hybridized carbons (Fsp3) is 0.357. The lowest BCUT2D eigenvalue weighted by molar-refractivity contribution is -0.119. The molecule has 108 valence electrons. The SMILES string of the molecule is CCCCC(=O)NC(=S)Nc1cccc(C(=O)O)c1C. The highest BCUT2D eigenvalue weighted by Gasteiger charge is 2.11. The van der Waals surface area contributed by atoms with E-state index in [9.17, 15) is 9.59 Å². The van der Waals surface area contributed by atoms with Crippen LogP contribution in [0.4, 0.5) is 5.69 Å². The van der Waals surface area contributed by atoms with E-state index in [-0.39, 0.29) is 16.6 Å². The molecule has 0 aliphatic heterocycles. The molecular weight excluding hydrogens is 276 g/mol. The number of carboxylic acids is 1. The number of carboxylic acid groups (broad SMARTS) is 1. The van der Waals surface area contributed by atoms with Crippen LogP contribution in [0.5, 0.6) is 0 Å². The highest BCUT2D eigenvalue weighted by atomic mass is 32.1. The van der Waals surface area contributed by atoms with Crippen LogP contribution in [0.1, 0.15) is 42.1 Å². The van der Waals surface area contributed by atoms with Crippen LogP contribution < -0.4 is 10.6 Å². The lowest BCUT2D eigenvalue weighted by atomic mass is 10.1. The van der Waals surface area contributed by atoms with Gasteiger partial charge in [-0.05, 0) is 43.3 Å². The van der Waals surface area contributed by atoms with Crippen molar-refractivity contribution in [3.8, 4) is 0 Å². The van der Waals surface area contributed by atoms with Gasteiger partial charge >= 0.3 is 5.97 Å². The van der Waals surface area contributed by atoms with Gasteiger partial charge in [-0.2, -0.15) is 0 Å². The van der Waals surface area contributed by atoms with Crippen molar-refractivity contribution in [2.24, 2.45) is 0 Å². The second-order valence-electron chi connectivity index (χ2n) is 4.39. The minimum atomic E-state index is -0.996. The second kappa shape index (κ2) is 7.59. The monoisotopic (exact) mass is 294 g/mol. The molecule has 1 rings (SSSR count). The summed E-state index contributed by atoms with van der Waals surface area (Å²) in [5.74, 6) is -1.14. The molecule has 0 fully saturated rings. The summed E-state index contributed by atoms with van der Waals surface area (Å²) in [4.78, 5) is 22.6. The zero-order valence-corrected chi connectivity index (χ0v) is 12.3. The zero-order chi connectivity index (χ0) is 15.1. The first kappa shape index (κ1) is 16.1. The summed E-state index contributed by atoms with van der Waals surface area (Å²) in [6, 6.07) is 4.86.